The Bertz CT molecular complexity index is 83.8. The van der Waals surface area contributed by atoms with E-state index in [9.17, 15) is 0 Å². The molecule has 0 fully saturated rings. The summed E-state index contributed by atoms with van der Waals surface area (Å²) in [5.41, 5.74) is 0. The Morgan fingerprint density at radius 3 is 2.40 bits per heavy atom. The second-order valence-corrected chi connectivity index (χ2v) is 6.08. The molecule has 2 nitrogen and oxygen atoms in total. The fourth-order valence-electron chi connectivity index (χ4n) is 0.824. The molecular formula is C6H16O2SSi. The summed E-state index contributed by atoms with van der Waals surface area (Å²) < 4.78 is 10.7. The second kappa shape index (κ2) is 5.18. The minimum absolute atomic E-state index is 0.469. The zero-order chi connectivity index (χ0) is 8.04. The van der Waals surface area contributed by atoms with Crippen LogP contribution in [0.2, 0.25) is 12.6 Å². The van der Waals surface area contributed by atoms with Crippen LogP contribution in [-0.4, -0.2) is 21.6 Å². The van der Waals surface area contributed by atoms with E-state index in [1.165, 1.54) is 0 Å². The maximum Gasteiger partial charge on any atom is 0.335 e. The molecule has 0 saturated heterocycles. The first-order valence-electron chi connectivity index (χ1n) is 3.48. The Hall–Kier alpha value is 0.487. The Balaban J connectivity index is 3.69. The Kier molecular flexibility index (Phi) is 5.43. The molecule has 1 unspecified atom stereocenters. The lowest BCUT2D eigenvalue weighted by Crippen LogP contribution is -2.36. The van der Waals surface area contributed by atoms with Crippen molar-refractivity contribution < 1.29 is 8.85 Å². The van der Waals surface area contributed by atoms with E-state index in [2.05, 4.69) is 26.1 Å². The average Bonchev–Trinajstić information content (AvgIpc) is 1.89. The predicted molar refractivity (Wildman–Crippen MR) is 48.7 cm³/mol. The van der Waals surface area contributed by atoms with Crippen molar-refractivity contribution in [2.75, 3.05) is 13.0 Å². The smallest absolute Gasteiger partial charge is 0.335 e. The zero-order valence-electron chi connectivity index (χ0n) is 6.89. The first kappa shape index (κ1) is 10.5. The van der Waals surface area contributed by atoms with Crippen LogP contribution in [-0.2, 0) is 8.85 Å². The number of hydrogen-bond donors (Lipinski definition) is 1. The molecule has 62 valence electrons. The predicted octanol–water partition coefficient (Wildman–Crippen LogP) is 2.02. The van der Waals surface area contributed by atoms with Crippen molar-refractivity contribution in [2.45, 2.75) is 25.9 Å². The Morgan fingerprint density at radius 2 is 2.10 bits per heavy atom. The molecule has 0 aromatic heterocycles. The molecule has 0 N–H and O–H groups in total. The minimum Gasteiger partial charge on any atom is -0.398 e. The summed E-state index contributed by atoms with van der Waals surface area (Å²) >= 11 is 3.99. The summed E-state index contributed by atoms with van der Waals surface area (Å²) in [4.78, 5) is 0. The van der Waals surface area contributed by atoms with Crippen LogP contribution in [0.15, 0.2) is 0 Å². The van der Waals surface area contributed by atoms with Crippen molar-refractivity contribution in [1.29, 1.82) is 0 Å². The van der Waals surface area contributed by atoms with E-state index in [4.69, 9.17) is 8.85 Å². The van der Waals surface area contributed by atoms with Crippen molar-refractivity contribution in [3.63, 3.8) is 0 Å². The molecule has 0 heterocycles. The van der Waals surface area contributed by atoms with E-state index in [-0.39, 0.29) is 0 Å². The molecule has 0 aliphatic rings. The molecule has 0 aromatic carbocycles. The molecule has 0 aliphatic carbocycles. The highest BCUT2D eigenvalue weighted by molar-refractivity contribution is 7.80. The van der Waals surface area contributed by atoms with Gasteiger partial charge in [-0.15, -0.1) is 0 Å². The van der Waals surface area contributed by atoms with Crippen LogP contribution in [0.3, 0.4) is 0 Å². The molecular weight excluding hydrogens is 164 g/mol. The molecule has 0 radical (unpaired) electrons. The second-order valence-electron chi connectivity index (χ2n) is 2.36. The normalized spacial score (nSPS) is 16.8. The summed E-state index contributed by atoms with van der Waals surface area (Å²) in [6.45, 7) is 4.19. The zero-order valence-corrected chi connectivity index (χ0v) is 8.78. The van der Waals surface area contributed by atoms with Gasteiger partial charge in [0.15, 0.2) is 0 Å². The van der Waals surface area contributed by atoms with Crippen LogP contribution >= 0.6 is 12.6 Å². The largest absolute Gasteiger partial charge is 0.398 e. The third-order valence-electron chi connectivity index (χ3n) is 1.51. The molecule has 4 heteroatoms. The summed E-state index contributed by atoms with van der Waals surface area (Å²) in [5, 5.41) is 0. The van der Waals surface area contributed by atoms with E-state index in [1.807, 2.05) is 0 Å². The topological polar surface area (TPSA) is 18.5 Å². The van der Waals surface area contributed by atoms with Crippen molar-refractivity contribution in [3.05, 3.63) is 0 Å². The maximum absolute atomic E-state index is 5.40. The highest BCUT2D eigenvalue weighted by Gasteiger charge is 2.27. The SMILES string of the molecule is CCC[Si](C)(OC)OCS. The van der Waals surface area contributed by atoms with Gasteiger partial charge in [0.05, 0.1) is 5.94 Å². The van der Waals surface area contributed by atoms with E-state index >= 15 is 0 Å². The highest BCUT2D eigenvalue weighted by atomic mass is 32.1. The lowest BCUT2D eigenvalue weighted by Gasteiger charge is -2.23. The van der Waals surface area contributed by atoms with Gasteiger partial charge < -0.3 is 8.85 Å². The van der Waals surface area contributed by atoms with Gasteiger partial charge in [-0.05, 0) is 12.6 Å². The van der Waals surface area contributed by atoms with Gasteiger partial charge in [0, 0.05) is 7.11 Å². The Labute approximate surface area is 69.6 Å². The third kappa shape index (κ3) is 3.61. The molecule has 10 heavy (non-hydrogen) atoms. The average molecular weight is 180 g/mol. The van der Waals surface area contributed by atoms with Crippen LogP contribution in [0.25, 0.3) is 0 Å². The molecule has 0 spiro atoms. The minimum atomic E-state index is -1.80. The van der Waals surface area contributed by atoms with Gasteiger partial charge in [0.25, 0.3) is 0 Å². The van der Waals surface area contributed by atoms with Gasteiger partial charge >= 0.3 is 8.56 Å². The first-order chi connectivity index (χ1) is 4.68. The maximum atomic E-state index is 5.40. The lowest BCUT2D eigenvalue weighted by molar-refractivity contribution is 0.240. The van der Waals surface area contributed by atoms with Gasteiger partial charge in [-0.1, -0.05) is 13.3 Å². The van der Waals surface area contributed by atoms with Crippen LogP contribution in [0, 0.1) is 0 Å². The molecule has 1 atom stereocenters. The highest BCUT2D eigenvalue weighted by Crippen LogP contribution is 2.14. The third-order valence-corrected chi connectivity index (χ3v) is 4.90. The van der Waals surface area contributed by atoms with Crippen molar-refractivity contribution in [3.8, 4) is 0 Å². The molecule has 0 amide bonds. The molecule has 0 bridgehead atoms. The van der Waals surface area contributed by atoms with Gasteiger partial charge in [-0.3, -0.25) is 0 Å². The van der Waals surface area contributed by atoms with Gasteiger partial charge in [0.2, 0.25) is 0 Å². The first-order valence-corrected chi connectivity index (χ1v) is 6.64. The fourth-order valence-corrected chi connectivity index (χ4v) is 3.29. The fraction of sp³-hybridized carbons (Fsp3) is 1.00. The summed E-state index contributed by atoms with van der Waals surface area (Å²) in [6.07, 6.45) is 1.12. The standard InChI is InChI=1S/C6H16O2SSi/c1-4-5-10(3,7-2)8-6-9/h9H,4-6H2,1-3H3. The van der Waals surface area contributed by atoms with Crippen LogP contribution in [0.4, 0.5) is 0 Å². The number of rotatable bonds is 5. The van der Waals surface area contributed by atoms with E-state index in [0.29, 0.717) is 5.94 Å². The summed E-state index contributed by atoms with van der Waals surface area (Å²) in [5.74, 6) is 0.469. The van der Waals surface area contributed by atoms with Crippen LogP contribution in [0.1, 0.15) is 13.3 Å². The van der Waals surface area contributed by atoms with Crippen LogP contribution < -0.4 is 0 Å². The summed E-state index contributed by atoms with van der Waals surface area (Å²) in [7, 11) is -0.0862. The molecule has 0 aromatic rings. The van der Waals surface area contributed by atoms with E-state index < -0.39 is 8.56 Å². The molecule has 0 rings (SSSR count). The lowest BCUT2D eigenvalue weighted by atomic mass is 10.6. The number of thiol groups is 1. The van der Waals surface area contributed by atoms with Gasteiger partial charge in [-0.25, -0.2) is 0 Å². The quantitative estimate of drug-likeness (QED) is 0.396. The Morgan fingerprint density at radius 1 is 1.50 bits per heavy atom. The van der Waals surface area contributed by atoms with Crippen molar-refractivity contribution in [1.82, 2.24) is 0 Å². The molecule has 0 aliphatic heterocycles. The van der Waals surface area contributed by atoms with Gasteiger partial charge in [0.1, 0.15) is 0 Å². The van der Waals surface area contributed by atoms with E-state index in [1.54, 1.807) is 7.11 Å². The van der Waals surface area contributed by atoms with Crippen LogP contribution in [0.5, 0.6) is 0 Å². The summed E-state index contributed by atoms with van der Waals surface area (Å²) in [6, 6.07) is 1.05. The van der Waals surface area contributed by atoms with Crippen molar-refractivity contribution >= 4 is 21.2 Å². The number of hydrogen-bond acceptors (Lipinski definition) is 3. The van der Waals surface area contributed by atoms with E-state index in [0.717, 1.165) is 12.5 Å². The monoisotopic (exact) mass is 180 g/mol. The molecule has 0 saturated carbocycles. The van der Waals surface area contributed by atoms with Gasteiger partial charge in [-0.2, -0.15) is 12.6 Å². The van der Waals surface area contributed by atoms with Crippen molar-refractivity contribution in [2.24, 2.45) is 0 Å².